The zero-order valence-corrected chi connectivity index (χ0v) is 20.5. The van der Waals surface area contributed by atoms with Gasteiger partial charge >= 0.3 is 11.9 Å². The number of pyridine rings is 1. The Hall–Kier alpha value is -2.76. The van der Waals surface area contributed by atoms with Crippen LogP contribution in [0.25, 0.3) is 0 Å². The highest BCUT2D eigenvalue weighted by atomic mass is 35.5. The van der Waals surface area contributed by atoms with Crippen molar-refractivity contribution in [3.8, 4) is 0 Å². The molecule has 1 aromatic heterocycles. The lowest BCUT2D eigenvalue weighted by Crippen LogP contribution is -2.39. The molecule has 1 aromatic carbocycles. The molecule has 0 bridgehead atoms. The maximum absolute atomic E-state index is 9.77. The minimum Gasteiger partial charge on any atom is -0.479 e. The number of fused-ring (bicyclic) bond motifs is 1. The van der Waals surface area contributed by atoms with Gasteiger partial charge in [0.25, 0.3) is 0 Å². The molecule has 0 spiro atoms. The summed E-state index contributed by atoms with van der Waals surface area (Å²) in [4.78, 5) is 24.0. The van der Waals surface area contributed by atoms with Crippen LogP contribution < -0.4 is 10.6 Å². The van der Waals surface area contributed by atoms with E-state index < -0.39 is 24.1 Å². The van der Waals surface area contributed by atoms with Gasteiger partial charge in [0.05, 0.1) is 29.1 Å². The summed E-state index contributed by atoms with van der Waals surface area (Å²) in [6.45, 7) is 7.34. The number of aliphatic hydroxyl groups is 2. The number of halogens is 1. The Labute approximate surface area is 208 Å². The largest absolute Gasteiger partial charge is 0.479 e. The molecule has 192 valence electrons. The average molecular weight is 510 g/mol. The lowest BCUT2D eigenvalue weighted by atomic mass is 10.0. The van der Waals surface area contributed by atoms with Crippen molar-refractivity contribution >= 4 is 29.2 Å². The van der Waals surface area contributed by atoms with Crippen molar-refractivity contribution in [1.82, 2.24) is 10.3 Å². The first kappa shape index (κ1) is 28.5. The fourth-order valence-electron chi connectivity index (χ4n) is 3.29. The Bertz CT molecular complexity index is 968. The molecule has 6 N–H and O–H groups in total. The summed E-state index contributed by atoms with van der Waals surface area (Å²) in [5.74, 6) is -3.54. The Kier molecular flexibility index (Phi) is 11.4. The molecule has 1 aliphatic rings. The van der Waals surface area contributed by atoms with E-state index in [1.165, 1.54) is 11.1 Å². The van der Waals surface area contributed by atoms with Crippen molar-refractivity contribution < 1.29 is 34.8 Å². The number of nitrogens with one attached hydrogen (secondary N) is 2. The molecule has 1 aliphatic heterocycles. The minimum atomic E-state index is -2.27. The highest BCUT2D eigenvalue weighted by Gasteiger charge is 2.29. The summed E-state index contributed by atoms with van der Waals surface area (Å²) in [6, 6.07) is 8.27. The Morgan fingerprint density at radius 1 is 1.09 bits per heavy atom. The fourth-order valence-corrected chi connectivity index (χ4v) is 3.54. The third-order valence-corrected chi connectivity index (χ3v) is 5.52. The number of aromatic nitrogens is 1. The first-order valence-corrected chi connectivity index (χ1v) is 11.6. The second-order valence-electron chi connectivity index (χ2n) is 8.25. The van der Waals surface area contributed by atoms with E-state index in [1.54, 1.807) is 0 Å². The van der Waals surface area contributed by atoms with Crippen molar-refractivity contribution in [2.24, 2.45) is 0 Å². The molecule has 2 heterocycles. The fraction of sp³-hybridized carbons (Fsp3) is 0.458. The maximum Gasteiger partial charge on any atom is 0.335 e. The first-order chi connectivity index (χ1) is 16.6. The molecular formula is C24H32ClN3O7. The molecule has 2 atom stereocenters. The Balaban J connectivity index is 0.000000367. The van der Waals surface area contributed by atoms with Gasteiger partial charge in [-0.15, -0.1) is 0 Å². The quantitative estimate of drug-likeness (QED) is 0.294. The number of anilines is 1. The van der Waals surface area contributed by atoms with Crippen molar-refractivity contribution in [3.05, 3.63) is 57.9 Å². The van der Waals surface area contributed by atoms with Crippen LogP contribution in [0.5, 0.6) is 0 Å². The molecule has 2 aromatic rings. The lowest BCUT2D eigenvalue weighted by Gasteiger charge is -2.16. The second-order valence-corrected chi connectivity index (χ2v) is 8.65. The van der Waals surface area contributed by atoms with Crippen LogP contribution in [0.2, 0.25) is 5.02 Å². The van der Waals surface area contributed by atoms with Gasteiger partial charge < -0.3 is 35.8 Å². The normalized spacial score (nSPS) is 14.7. The number of aliphatic carboxylic acids is 2. The smallest absolute Gasteiger partial charge is 0.335 e. The van der Waals surface area contributed by atoms with Gasteiger partial charge in [0.15, 0.2) is 12.2 Å². The Morgan fingerprint density at radius 3 is 2.31 bits per heavy atom. The zero-order chi connectivity index (χ0) is 26.0. The van der Waals surface area contributed by atoms with Gasteiger partial charge in [-0.3, -0.25) is 4.98 Å². The van der Waals surface area contributed by atoms with Crippen LogP contribution in [0.3, 0.4) is 0 Å². The van der Waals surface area contributed by atoms with Crippen LogP contribution in [-0.4, -0.2) is 68.8 Å². The number of rotatable bonds is 9. The van der Waals surface area contributed by atoms with E-state index >= 15 is 0 Å². The maximum atomic E-state index is 9.77. The second kappa shape index (κ2) is 14.0. The van der Waals surface area contributed by atoms with Crippen LogP contribution in [-0.2, 0) is 40.3 Å². The summed E-state index contributed by atoms with van der Waals surface area (Å²) < 4.78 is 5.59. The van der Waals surface area contributed by atoms with Gasteiger partial charge in [-0.25, -0.2) is 9.59 Å². The lowest BCUT2D eigenvalue weighted by molar-refractivity contribution is -0.165. The number of carbonyl (C=O) groups is 2. The first-order valence-electron chi connectivity index (χ1n) is 11.2. The predicted octanol–water partition coefficient (Wildman–Crippen LogP) is 1.84. The summed E-state index contributed by atoms with van der Waals surface area (Å²) in [6.07, 6.45) is -0.360. The number of nitrogens with zero attached hydrogens (tertiary/aromatic N) is 1. The zero-order valence-electron chi connectivity index (χ0n) is 19.7. The van der Waals surface area contributed by atoms with Crippen LogP contribution in [0.4, 0.5) is 5.69 Å². The van der Waals surface area contributed by atoms with Crippen molar-refractivity contribution in [3.63, 3.8) is 0 Å². The summed E-state index contributed by atoms with van der Waals surface area (Å²) in [7, 11) is 0. The standard InChI is InChI=1S/C20H26ClN3O.C4H6O6/c1-14(2)25-13-17-5-3-15(11-23-17)12-24-20-18-8-10-22-9-7-16(18)4-6-19(20)21;5-1(3(7)8)2(6)4(9)10/h3-6,11,14,22,24H,7-10,12-13H2,1-2H3;1-2,5-6H,(H,7,8)(H,9,10)/t;1-,2-/m.1/s1. The molecule has 0 unspecified atom stereocenters. The number of hydrogen-bond acceptors (Lipinski definition) is 8. The molecule has 0 saturated heterocycles. The molecule has 3 rings (SSSR count). The topological polar surface area (TPSA) is 161 Å². The van der Waals surface area contributed by atoms with Crippen LogP contribution in [0, 0.1) is 0 Å². The highest BCUT2D eigenvalue weighted by molar-refractivity contribution is 6.33. The van der Waals surface area contributed by atoms with Crippen LogP contribution in [0.1, 0.15) is 36.2 Å². The molecule has 0 aliphatic carbocycles. The molecule has 0 saturated carbocycles. The number of hydrogen-bond donors (Lipinski definition) is 6. The Morgan fingerprint density at radius 2 is 1.74 bits per heavy atom. The van der Waals surface area contributed by atoms with E-state index in [4.69, 9.17) is 36.8 Å². The highest BCUT2D eigenvalue weighted by Crippen LogP contribution is 2.31. The van der Waals surface area contributed by atoms with Gasteiger partial charge in [0.2, 0.25) is 0 Å². The minimum absolute atomic E-state index is 0.216. The third kappa shape index (κ3) is 9.08. The molecule has 0 radical (unpaired) electrons. The van der Waals surface area contributed by atoms with E-state index in [-0.39, 0.29) is 6.10 Å². The SMILES string of the molecule is CC(C)OCc1ccc(CNc2c(Cl)ccc3c2CCNCC3)cn1.O=C(O)[C@H](O)[C@@H](O)C(=O)O. The van der Waals surface area contributed by atoms with Gasteiger partial charge in [0.1, 0.15) is 0 Å². The van der Waals surface area contributed by atoms with Gasteiger partial charge in [-0.05, 0) is 68.6 Å². The summed E-state index contributed by atoms with van der Waals surface area (Å²) in [5.41, 5.74) is 5.88. The summed E-state index contributed by atoms with van der Waals surface area (Å²) >= 11 is 6.46. The third-order valence-electron chi connectivity index (χ3n) is 5.21. The number of carboxylic acids is 2. The van der Waals surface area contributed by atoms with Gasteiger partial charge in [-0.2, -0.15) is 0 Å². The molecule has 35 heavy (non-hydrogen) atoms. The van der Waals surface area contributed by atoms with Gasteiger partial charge in [-0.1, -0.05) is 23.7 Å². The monoisotopic (exact) mass is 509 g/mol. The van der Waals surface area contributed by atoms with E-state index in [0.717, 1.165) is 47.9 Å². The molecule has 0 amide bonds. The van der Waals surface area contributed by atoms with Crippen molar-refractivity contribution in [2.75, 3.05) is 18.4 Å². The van der Waals surface area contributed by atoms with Crippen LogP contribution >= 0.6 is 11.6 Å². The molecule has 10 nitrogen and oxygen atoms in total. The molecule has 0 fully saturated rings. The van der Waals surface area contributed by atoms with E-state index in [0.29, 0.717) is 13.2 Å². The number of aliphatic hydroxyl groups excluding tert-OH is 2. The number of ether oxygens (including phenoxy) is 1. The van der Waals surface area contributed by atoms with E-state index in [2.05, 4.69) is 27.8 Å². The molecule has 11 heteroatoms. The van der Waals surface area contributed by atoms with E-state index in [9.17, 15) is 9.59 Å². The van der Waals surface area contributed by atoms with E-state index in [1.807, 2.05) is 32.2 Å². The summed E-state index contributed by atoms with van der Waals surface area (Å²) in [5, 5.41) is 40.3. The van der Waals surface area contributed by atoms with Crippen molar-refractivity contribution in [2.45, 2.75) is 58.2 Å². The van der Waals surface area contributed by atoms with Crippen LogP contribution in [0.15, 0.2) is 30.5 Å². The molecular weight excluding hydrogens is 478 g/mol. The predicted molar refractivity (Wildman–Crippen MR) is 131 cm³/mol. The average Bonchev–Trinajstić information content (AvgIpc) is 3.07. The van der Waals surface area contributed by atoms with Crippen molar-refractivity contribution in [1.29, 1.82) is 0 Å². The number of benzene rings is 1. The number of carboxylic acid groups (broad SMARTS) is 2. The van der Waals surface area contributed by atoms with Gasteiger partial charge in [0, 0.05) is 12.7 Å².